The maximum absolute atomic E-state index is 8.31. The van der Waals surface area contributed by atoms with Gasteiger partial charge in [-0.25, -0.2) is 0 Å². The normalized spacial score (nSPS) is 1.50. The third-order valence-corrected chi connectivity index (χ3v) is 0. The molecule has 0 aliphatic rings. The maximum atomic E-state index is 8.31. The van der Waals surface area contributed by atoms with Crippen LogP contribution in [0.5, 0.6) is 0 Å². The Labute approximate surface area is 79.7 Å². The van der Waals surface area contributed by atoms with Gasteiger partial charge in [-0.15, -0.1) is 0 Å². The summed E-state index contributed by atoms with van der Waals surface area (Å²) in [7, 11) is 0. The molecule has 19 valence electrons. The van der Waals surface area contributed by atoms with Crippen molar-refractivity contribution in [2.24, 2.45) is 0 Å². The molecule has 2 nitrogen and oxygen atoms in total. The fourth-order valence-corrected chi connectivity index (χ4v) is 0. The molecule has 0 heterocycles. The minimum absolute atomic E-state index is 0. The molecule has 0 aromatic heterocycles. The van der Waals surface area contributed by atoms with E-state index in [1.54, 1.807) is 0 Å². The van der Waals surface area contributed by atoms with Crippen molar-refractivity contribution < 1.29 is 32.7 Å². The van der Waals surface area contributed by atoms with Gasteiger partial charge < -0.3 is 5.48 Å². The summed E-state index contributed by atoms with van der Waals surface area (Å²) in [5, 5.41) is 0. The molecule has 0 amide bonds. The second kappa shape index (κ2) is 18.9. The van der Waals surface area contributed by atoms with Crippen LogP contribution in [0.4, 0.5) is 0 Å². The molecular weight excluding hydrogens is 214 g/mol. The summed E-state index contributed by atoms with van der Waals surface area (Å²) in [5.41, 5.74) is 0. The molecule has 1 N–H and O–H groups in total. The molecule has 0 atom stereocenters. The summed E-state index contributed by atoms with van der Waals surface area (Å²) in [6.45, 7) is 0. The van der Waals surface area contributed by atoms with Crippen molar-refractivity contribution in [2.75, 3.05) is 0 Å². The predicted octanol–water partition coefficient (Wildman–Crippen LogP) is -0.947. The fourth-order valence-electron chi connectivity index (χ4n) is 0. The first-order valence-electron chi connectivity index (χ1n) is 0.236. The van der Waals surface area contributed by atoms with Gasteiger partial charge in [0, 0.05) is 0 Å². The zero-order chi connectivity index (χ0) is 2.00. The summed E-state index contributed by atoms with van der Waals surface area (Å²) < 4.78 is 8.31. The monoisotopic (exact) mass is 217 g/mol. The Morgan fingerprint density at radius 3 is 1.25 bits per heavy atom. The second-order valence-electron chi connectivity index (χ2n) is 0. The van der Waals surface area contributed by atoms with Crippen molar-refractivity contribution in [3.8, 4) is 0 Å². The molecule has 0 spiro atoms. The van der Waals surface area contributed by atoms with E-state index in [0.29, 0.717) is 24.4 Å². The Morgan fingerprint density at radius 2 is 1.25 bits per heavy atom. The molecule has 0 unspecified atom stereocenters. The number of rotatable bonds is 0. The van der Waals surface area contributed by atoms with Gasteiger partial charge in [0.15, 0.2) is 0 Å². The standard InChI is InChI=1S/Ba.H2O.O.Sc.H/h;1H2;;;/q+1;;;;/p-1. The molecule has 0 fully saturated rings. The van der Waals surface area contributed by atoms with Gasteiger partial charge in [0.05, 0.1) is 0 Å². The Hall–Kier alpha value is 2.20. The van der Waals surface area contributed by atoms with Crippen molar-refractivity contribution in [1.29, 1.82) is 0 Å². The van der Waals surface area contributed by atoms with E-state index in [2.05, 4.69) is 0 Å². The molecule has 0 aliphatic heterocycles. The minimum atomic E-state index is 0. The first-order chi connectivity index (χ1) is 1.00. The van der Waals surface area contributed by atoms with Crippen molar-refractivity contribution in [3.05, 3.63) is 0 Å². The van der Waals surface area contributed by atoms with Crippen LogP contribution in [0.1, 0.15) is 0 Å². The second-order valence-corrected chi connectivity index (χ2v) is 0. The van der Waals surface area contributed by atoms with Gasteiger partial charge in [0.25, 0.3) is 0 Å². The van der Waals surface area contributed by atoms with Crippen LogP contribution in [0.25, 0.3) is 0 Å². The molecule has 0 rings (SSSR count). The Balaban J connectivity index is -0.00000000500. The predicted molar refractivity (Wildman–Crippen MR) is 9.77 cm³/mol. The van der Waals surface area contributed by atoms with E-state index >= 15 is 0 Å². The zero-order valence-corrected chi connectivity index (χ0v) is 10.5. The first kappa shape index (κ1) is 16.4. The average molecular weight is 216 g/mol. The SMILES string of the molecule is [BaH+].[OH-].[O]=[Sc]. The summed E-state index contributed by atoms with van der Waals surface area (Å²) in [6, 6.07) is 0. The Morgan fingerprint density at radius 1 is 1.25 bits per heavy atom. The molecule has 0 aromatic carbocycles. The molecule has 0 saturated heterocycles. The molecule has 0 aromatic rings. The van der Waals surface area contributed by atoms with Crippen molar-refractivity contribution in [2.45, 2.75) is 0 Å². The topological polar surface area (TPSA) is 47.1 Å². The van der Waals surface area contributed by atoms with E-state index in [4.69, 9.17) is 2.85 Å². The fraction of sp³-hybridized carbons (Fsp3) is 0. The molecule has 0 bridgehead atoms. The quantitative estimate of drug-likeness (QED) is 0.490. The van der Waals surface area contributed by atoms with E-state index in [9.17, 15) is 0 Å². The van der Waals surface area contributed by atoms with E-state index in [1.165, 1.54) is 0 Å². The van der Waals surface area contributed by atoms with Gasteiger partial charge in [0.1, 0.15) is 0 Å². The van der Waals surface area contributed by atoms with Crippen LogP contribution in [0.15, 0.2) is 0 Å². The van der Waals surface area contributed by atoms with Crippen LogP contribution in [0.3, 0.4) is 0 Å². The van der Waals surface area contributed by atoms with Crippen molar-refractivity contribution >= 4 is 48.9 Å². The van der Waals surface area contributed by atoms with Crippen LogP contribution < -0.4 is 0 Å². The van der Waals surface area contributed by atoms with Crippen LogP contribution in [-0.2, 0) is 27.2 Å². The molecule has 0 radical (unpaired) electrons. The molecular formula is H2BaO2Sc. The van der Waals surface area contributed by atoms with Crippen LogP contribution in [0, 0.1) is 0 Å². The van der Waals surface area contributed by atoms with E-state index in [0.717, 1.165) is 0 Å². The van der Waals surface area contributed by atoms with Crippen LogP contribution in [-0.4, -0.2) is 54.4 Å². The molecule has 0 aliphatic carbocycles. The molecule has 0 saturated carbocycles. The van der Waals surface area contributed by atoms with Crippen LogP contribution in [0.2, 0.25) is 0 Å². The molecule has 4 heteroatoms. The van der Waals surface area contributed by atoms with E-state index < -0.39 is 0 Å². The van der Waals surface area contributed by atoms with Gasteiger partial charge in [0.2, 0.25) is 0 Å². The van der Waals surface area contributed by atoms with E-state index in [1.807, 2.05) is 0 Å². The van der Waals surface area contributed by atoms with Crippen molar-refractivity contribution in [1.82, 2.24) is 0 Å². The molecule has 4 heavy (non-hydrogen) atoms. The first-order valence-corrected chi connectivity index (χ1v) is 0.972. The third kappa shape index (κ3) is 8.89. The van der Waals surface area contributed by atoms with Gasteiger partial charge in [-0.1, -0.05) is 0 Å². The third-order valence-electron chi connectivity index (χ3n) is 0. The van der Waals surface area contributed by atoms with Gasteiger partial charge in [-0.05, 0) is 0 Å². The number of hydrogen-bond donors (Lipinski definition) is 0. The zero-order valence-electron chi connectivity index (χ0n) is 2.43. The van der Waals surface area contributed by atoms with Gasteiger partial charge in [-0.3, -0.25) is 0 Å². The van der Waals surface area contributed by atoms with Crippen LogP contribution >= 0.6 is 0 Å². The Bertz CT molecular complexity index is 6.00. The summed E-state index contributed by atoms with van der Waals surface area (Å²) in [4.78, 5) is 0. The Kier molecular flexibility index (Phi) is 77.5. The van der Waals surface area contributed by atoms with Crippen molar-refractivity contribution in [3.63, 3.8) is 0 Å². The summed E-state index contributed by atoms with van der Waals surface area (Å²) >= 11 is 0.438. The van der Waals surface area contributed by atoms with E-state index in [-0.39, 0.29) is 54.4 Å². The number of hydrogen-bond acceptors (Lipinski definition) is 2. The average Bonchev–Trinajstić information content (AvgIpc) is 1.00. The summed E-state index contributed by atoms with van der Waals surface area (Å²) in [6.07, 6.45) is 0. The summed E-state index contributed by atoms with van der Waals surface area (Å²) in [5.74, 6) is 0. The van der Waals surface area contributed by atoms with Gasteiger partial charge >= 0.3 is 76.1 Å². The van der Waals surface area contributed by atoms with Gasteiger partial charge in [-0.2, -0.15) is 0 Å².